The highest BCUT2D eigenvalue weighted by molar-refractivity contribution is 5.87. The van der Waals surface area contributed by atoms with Gasteiger partial charge in [0.25, 0.3) is 0 Å². The average Bonchev–Trinajstić information content (AvgIpc) is 2.72. The van der Waals surface area contributed by atoms with E-state index in [0.717, 1.165) is 23.1 Å². The lowest BCUT2D eigenvalue weighted by atomic mass is 10.0. The molecule has 0 saturated carbocycles. The quantitative estimate of drug-likeness (QED) is 0.642. The molecule has 156 valence electrons. The Bertz CT molecular complexity index is 799. The number of amides is 2. The third kappa shape index (κ3) is 6.74. The van der Waals surface area contributed by atoms with Crippen molar-refractivity contribution in [1.82, 2.24) is 10.2 Å². The van der Waals surface area contributed by atoms with Crippen LogP contribution in [0.2, 0.25) is 0 Å². The molecule has 0 heterocycles. The molecule has 0 radical (unpaired) electrons. The smallest absolute Gasteiger partial charge is 0.242 e. The summed E-state index contributed by atoms with van der Waals surface area (Å²) in [6, 6.07) is 15.9. The molecule has 0 aliphatic carbocycles. The van der Waals surface area contributed by atoms with Crippen molar-refractivity contribution in [3.63, 3.8) is 0 Å². The van der Waals surface area contributed by atoms with Crippen LogP contribution in [0.25, 0.3) is 0 Å². The summed E-state index contributed by atoms with van der Waals surface area (Å²) in [7, 11) is 0. The van der Waals surface area contributed by atoms with E-state index in [1.165, 1.54) is 5.56 Å². The topological polar surface area (TPSA) is 49.4 Å². The summed E-state index contributed by atoms with van der Waals surface area (Å²) >= 11 is 0. The van der Waals surface area contributed by atoms with Crippen LogP contribution in [0.1, 0.15) is 55.4 Å². The van der Waals surface area contributed by atoms with Gasteiger partial charge in [-0.15, -0.1) is 0 Å². The monoisotopic (exact) mass is 394 g/mol. The second kappa shape index (κ2) is 11.4. The van der Waals surface area contributed by atoms with Crippen LogP contribution in [-0.4, -0.2) is 29.3 Å². The van der Waals surface area contributed by atoms with Crippen LogP contribution < -0.4 is 5.32 Å². The Morgan fingerprint density at radius 1 is 1.00 bits per heavy atom. The first-order valence-electron chi connectivity index (χ1n) is 10.6. The Kier molecular flexibility index (Phi) is 8.91. The van der Waals surface area contributed by atoms with E-state index in [0.29, 0.717) is 32.4 Å². The van der Waals surface area contributed by atoms with E-state index in [2.05, 4.69) is 36.5 Å². The van der Waals surface area contributed by atoms with Crippen molar-refractivity contribution in [2.24, 2.45) is 0 Å². The molecule has 0 aromatic heterocycles. The average molecular weight is 395 g/mol. The highest BCUT2D eigenvalue weighted by Gasteiger charge is 2.28. The zero-order valence-electron chi connectivity index (χ0n) is 18.2. The molecule has 2 aromatic rings. The second-order valence-electron chi connectivity index (χ2n) is 7.65. The van der Waals surface area contributed by atoms with Crippen molar-refractivity contribution in [3.05, 3.63) is 70.8 Å². The largest absolute Gasteiger partial charge is 0.354 e. The fraction of sp³-hybridized carbons (Fsp3) is 0.440. The summed E-state index contributed by atoms with van der Waals surface area (Å²) in [5.41, 5.74) is 4.56. The van der Waals surface area contributed by atoms with Gasteiger partial charge in [0.2, 0.25) is 11.8 Å². The highest BCUT2D eigenvalue weighted by Crippen LogP contribution is 2.17. The first-order valence-corrected chi connectivity index (χ1v) is 10.6. The van der Waals surface area contributed by atoms with Gasteiger partial charge in [-0.25, -0.2) is 0 Å². The molecule has 0 aliphatic heterocycles. The van der Waals surface area contributed by atoms with Crippen molar-refractivity contribution in [3.8, 4) is 0 Å². The van der Waals surface area contributed by atoms with Crippen LogP contribution >= 0.6 is 0 Å². The Labute approximate surface area is 175 Å². The van der Waals surface area contributed by atoms with Gasteiger partial charge >= 0.3 is 0 Å². The highest BCUT2D eigenvalue weighted by atomic mass is 16.2. The molecule has 0 bridgehead atoms. The Hall–Kier alpha value is -2.62. The first-order chi connectivity index (χ1) is 14.0. The number of nitrogens with zero attached hydrogens (tertiary/aromatic N) is 1. The van der Waals surface area contributed by atoms with Gasteiger partial charge in [0.05, 0.1) is 0 Å². The molecule has 0 spiro atoms. The minimum absolute atomic E-state index is 0.0207. The van der Waals surface area contributed by atoms with Gasteiger partial charge in [0.15, 0.2) is 0 Å². The maximum Gasteiger partial charge on any atom is 0.242 e. The van der Waals surface area contributed by atoms with E-state index in [1.807, 2.05) is 45.0 Å². The lowest BCUT2D eigenvalue weighted by molar-refractivity contribution is -0.141. The van der Waals surface area contributed by atoms with Crippen LogP contribution in [0, 0.1) is 13.8 Å². The van der Waals surface area contributed by atoms with Crippen molar-refractivity contribution in [1.29, 1.82) is 0 Å². The molecule has 0 unspecified atom stereocenters. The molecular formula is C25H34N2O2. The van der Waals surface area contributed by atoms with E-state index >= 15 is 0 Å². The number of rotatable bonds is 10. The fourth-order valence-electron chi connectivity index (χ4n) is 3.41. The molecule has 4 nitrogen and oxygen atoms in total. The van der Waals surface area contributed by atoms with Crippen molar-refractivity contribution >= 4 is 11.8 Å². The van der Waals surface area contributed by atoms with Gasteiger partial charge in [-0.3, -0.25) is 9.59 Å². The minimum atomic E-state index is -0.452. The Morgan fingerprint density at radius 3 is 2.31 bits per heavy atom. The van der Waals surface area contributed by atoms with Gasteiger partial charge in [-0.05, 0) is 49.8 Å². The van der Waals surface area contributed by atoms with E-state index < -0.39 is 6.04 Å². The summed E-state index contributed by atoms with van der Waals surface area (Å²) < 4.78 is 0. The summed E-state index contributed by atoms with van der Waals surface area (Å²) in [6.07, 6.45) is 2.54. The molecular weight excluding hydrogens is 360 g/mol. The zero-order valence-corrected chi connectivity index (χ0v) is 18.2. The van der Waals surface area contributed by atoms with E-state index in [1.54, 1.807) is 4.90 Å². The first kappa shape index (κ1) is 22.7. The molecule has 0 saturated heterocycles. The van der Waals surface area contributed by atoms with Crippen molar-refractivity contribution in [2.45, 2.75) is 66.0 Å². The maximum absolute atomic E-state index is 13.2. The van der Waals surface area contributed by atoms with Crippen molar-refractivity contribution < 1.29 is 9.59 Å². The molecule has 2 amide bonds. The predicted octanol–water partition coefficient (Wildman–Crippen LogP) is 4.57. The van der Waals surface area contributed by atoms with E-state index in [-0.39, 0.29) is 11.8 Å². The van der Waals surface area contributed by atoms with E-state index in [4.69, 9.17) is 0 Å². The number of carbonyl (C=O) groups excluding carboxylic acids is 2. The lowest BCUT2D eigenvalue weighted by Gasteiger charge is -2.31. The normalized spacial score (nSPS) is 11.7. The second-order valence-corrected chi connectivity index (χ2v) is 7.65. The van der Waals surface area contributed by atoms with Crippen LogP contribution in [0.4, 0.5) is 0 Å². The van der Waals surface area contributed by atoms with Crippen molar-refractivity contribution in [2.75, 3.05) is 6.54 Å². The predicted molar refractivity (Wildman–Crippen MR) is 119 cm³/mol. The maximum atomic E-state index is 13.2. The summed E-state index contributed by atoms with van der Waals surface area (Å²) in [5, 5.41) is 2.97. The third-order valence-corrected chi connectivity index (χ3v) is 5.29. The standard InChI is InChI=1S/C25H34N2O2/c1-5-17-26-25(29)23(6-2)27(18-22-10-8-7-9-20(22)4)24(28)16-15-21-13-11-19(3)12-14-21/h7-14,23H,5-6,15-18H2,1-4H3,(H,26,29)/t23-/m0/s1. The van der Waals surface area contributed by atoms with Gasteiger partial charge in [-0.1, -0.05) is 67.9 Å². The van der Waals surface area contributed by atoms with Crippen LogP contribution in [-0.2, 0) is 22.6 Å². The van der Waals surface area contributed by atoms with Gasteiger partial charge < -0.3 is 10.2 Å². The Balaban J connectivity index is 2.19. The molecule has 1 N–H and O–H groups in total. The summed E-state index contributed by atoms with van der Waals surface area (Å²) in [4.78, 5) is 27.7. The molecule has 2 aromatic carbocycles. The molecule has 29 heavy (non-hydrogen) atoms. The van der Waals surface area contributed by atoms with Gasteiger partial charge in [-0.2, -0.15) is 0 Å². The number of aryl methyl sites for hydroxylation is 3. The summed E-state index contributed by atoms with van der Waals surface area (Å²) in [5.74, 6) is -0.0426. The summed E-state index contributed by atoms with van der Waals surface area (Å²) in [6.45, 7) is 9.18. The number of benzene rings is 2. The number of hydrogen-bond acceptors (Lipinski definition) is 2. The SMILES string of the molecule is CCCNC(=O)[C@H](CC)N(Cc1ccccc1C)C(=O)CCc1ccc(C)cc1. The van der Waals surface area contributed by atoms with E-state index in [9.17, 15) is 9.59 Å². The molecule has 0 fully saturated rings. The Morgan fingerprint density at radius 2 is 1.69 bits per heavy atom. The lowest BCUT2D eigenvalue weighted by Crippen LogP contribution is -2.49. The minimum Gasteiger partial charge on any atom is -0.354 e. The van der Waals surface area contributed by atoms with Gasteiger partial charge in [0.1, 0.15) is 6.04 Å². The van der Waals surface area contributed by atoms with Crippen LogP contribution in [0.15, 0.2) is 48.5 Å². The number of nitrogens with one attached hydrogen (secondary N) is 1. The molecule has 0 aliphatic rings. The molecule has 2 rings (SSSR count). The molecule has 1 atom stereocenters. The van der Waals surface area contributed by atoms with Gasteiger partial charge in [0, 0.05) is 19.5 Å². The number of carbonyl (C=O) groups is 2. The number of hydrogen-bond donors (Lipinski definition) is 1. The fourth-order valence-corrected chi connectivity index (χ4v) is 3.41. The third-order valence-electron chi connectivity index (χ3n) is 5.29. The zero-order chi connectivity index (χ0) is 21.2. The van der Waals surface area contributed by atoms with Crippen LogP contribution in [0.5, 0.6) is 0 Å². The molecule has 4 heteroatoms. The van der Waals surface area contributed by atoms with Crippen LogP contribution in [0.3, 0.4) is 0 Å².